The summed E-state index contributed by atoms with van der Waals surface area (Å²) in [5, 5.41) is 0. The summed E-state index contributed by atoms with van der Waals surface area (Å²) < 4.78 is 12.2. The van der Waals surface area contributed by atoms with Gasteiger partial charge in [0.2, 0.25) is 0 Å². The molecule has 21 heavy (non-hydrogen) atoms. The van der Waals surface area contributed by atoms with Crippen molar-refractivity contribution in [1.29, 1.82) is 0 Å². The van der Waals surface area contributed by atoms with E-state index in [2.05, 4.69) is 31.0 Å². The predicted molar refractivity (Wildman–Crippen MR) is 89.4 cm³/mol. The van der Waals surface area contributed by atoms with Crippen LogP contribution in [0.25, 0.3) is 0 Å². The third kappa shape index (κ3) is 3.58. The molecule has 2 rings (SSSR count). The molecule has 2 unspecified atom stereocenters. The number of ether oxygens (including phenoxy) is 2. The molecular formula is C16H32N2O2S. The minimum Gasteiger partial charge on any atom is -0.377 e. The highest BCUT2D eigenvalue weighted by molar-refractivity contribution is 7.99. The van der Waals surface area contributed by atoms with Gasteiger partial charge in [0.25, 0.3) is 0 Å². The van der Waals surface area contributed by atoms with E-state index < -0.39 is 0 Å². The summed E-state index contributed by atoms with van der Waals surface area (Å²) in [6.45, 7) is 5.26. The highest BCUT2D eigenvalue weighted by Gasteiger charge is 2.46. The number of hydrogen-bond donors (Lipinski definition) is 2. The number of nitrogens with two attached hydrogens (primary N) is 1. The van der Waals surface area contributed by atoms with Crippen LogP contribution in [0.3, 0.4) is 0 Å². The first-order valence-corrected chi connectivity index (χ1v) is 9.54. The Morgan fingerprint density at radius 2 is 2.05 bits per heavy atom. The fourth-order valence-corrected chi connectivity index (χ4v) is 5.50. The number of methoxy groups -OCH3 is 1. The van der Waals surface area contributed by atoms with Gasteiger partial charge in [-0.15, -0.1) is 0 Å². The summed E-state index contributed by atoms with van der Waals surface area (Å²) >= 11 is 2.05. The quantitative estimate of drug-likeness (QED) is 0.583. The maximum absolute atomic E-state index is 6.22. The predicted octanol–water partition coefficient (Wildman–Crippen LogP) is 2.72. The van der Waals surface area contributed by atoms with Crippen LogP contribution in [0.2, 0.25) is 0 Å². The molecule has 0 aromatic rings. The molecule has 5 heteroatoms. The maximum atomic E-state index is 6.22. The van der Waals surface area contributed by atoms with Gasteiger partial charge in [-0.05, 0) is 55.9 Å². The molecule has 4 nitrogen and oxygen atoms in total. The highest BCUT2D eigenvalue weighted by Crippen LogP contribution is 2.43. The van der Waals surface area contributed by atoms with Crippen molar-refractivity contribution in [2.75, 3.05) is 25.2 Å². The van der Waals surface area contributed by atoms with Crippen LogP contribution in [0.4, 0.5) is 0 Å². The molecule has 2 fully saturated rings. The zero-order valence-electron chi connectivity index (χ0n) is 13.8. The molecule has 2 aliphatic heterocycles. The van der Waals surface area contributed by atoms with Gasteiger partial charge in [0, 0.05) is 13.7 Å². The highest BCUT2D eigenvalue weighted by atomic mass is 32.2. The molecule has 2 saturated heterocycles. The molecule has 2 heterocycles. The molecule has 1 spiro atoms. The second-order valence-electron chi connectivity index (χ2n) is 6.52. The van der Waals surface area contributed by atoms with Crippen LogP contribution in [0.15, 0.2) is 0 Å². The number of nitrogens with one attached hydrogen (secondary N) is 1. The summed E-state index contributed by atoms with van der Waals surface area (Å²) in [7, 11) is 1.82. The lowest BCUT2D eigenvalue weighted by Crippen LogP contribution is -2.60. The molecule has 2 atom stereocenters. The number of hydrogen-bond acceptors (Lipinski definition) is 5. The van der Waals surface area contributed by atoms with Crippen LogP contribution in [0.5, 0.6) is 0 Å². The second kappa shape index (κ2) is 7.64. The van der Waals surface area contributed by atoms with Crippen LogP contribution in [-0.2, 0) is 9.47 Å². The van der Waals surface area contributed by atoms with E-state index in [-0.39, 0.29) is 17.2 Å². The zero-order chi connectivity index (χ0) is 15.3. The van der Waals surface area contributed by atoms with Crippen molar-refractivity contribution < 1.29 is 9.47 Å². The fourth-order valence-electron chi connectivity index (χ4n) is 4.26. The average Bonchev–Trinajstić information content (AvgIpc) is 2.53. The fraction of sp³-hybridized carbons (Fsp3) is 1.00. The van der Waals surface area contributed by atoms with Gasteiger partial charge in [-0.3, -0.25) is 11.3 Å². The van der Waals surface area contributed by atoms with Gasteiger partial charge in [0.1, 0.15) is 0 Å². The topological polar surface area (TPSA) is 56.5 Å². The first-order chi connectivity index (χ1) is 10.2. The third-order valence-corrected chi connectivity index (χ3v) is 6.74. The van der Waals surface area contributed by atoms with Crippen molar-refractivity contribution in [2.45, 2.75) is 69.6 Å². The molecule has 0 bridgehead atoms. The second-order valence-corrected chi connectivity index (χ2v) is 7.74. The van der Waals surface area contributed by atoms with E-state index in [4.69, 9.17) is 15.3 Å². The van der Waals surface area contributed by atoms with E-state index in [0.29, 0.717) is 5.92 Å². The van der Waals surface area contributed by atoms with Gasteiger partial charge in [0.15, 0.2) is 0 Å². The van der Waals surface area contributed by atoms with E-state index >= 15 is 0 Å². The monoisotopic (exact) mass is 316 g/mol. The minimum absolute atomic E-state index is 0.101. The van der Waals surface area contributed by atoms with Crippen molar-refractivity contribution in [3.05, 3.63) is 0 Å². The standard InChI is InChI=1S/C16H32N2O2S/c1-4-16(5-2,19-3)14(18-17)13-6-9-20-15(12-13)7-10-21-11-8-15/h13-14,18H,4-12,17H2,1-3H3. The SMILES string of the molecule is CCC(CC)(OC)C(NN)C1CCOC2(CCSCC2)C1. The summed E-state index contributed by atoms with van der Waals surface area (Å²) in [4.78, 5) is 0. The molecule has 3 N–H and O–H groups in total. The lowest BCUT2D eigenvalue weighted by atomic mass is 9.72. The Balaban J connectivity index is 2.13. The van der Waals surface area contributed by atoms with Crippen LogP contribution < -0.4 is 11.3 Å². The van der Waals surface area contributed by atoms with Crippen LogP contribution in [-0.4, -0.2) is 42.5 Å². The lowest BCUT2D eigenvalue weighted by molar-refractivity contribution is -0.132. The Morgan fingerprint density at radius 3 is 2.57 bits per heavy atom. The number of rotatable bonds is 6. The summed E-state index contributed by atoms with van der Waals surface area (Å²) in [5.41, 5.74) is 3.04. The van der Waals surface area contributed by atoms with Gasteiger partial charge >= 0.3 is 0 Å². The number of hydrazine groups is 1. The van der Waals surface area contributed by atoms with Crippen molar-refractivity contribution in [3.63, 3.8) is 0 Å². The van der Waals surface area contributed by atoms with Crippen molar-refractivity contribution in [3.8, 4) is 0 Å². The van der Waals surface area contributed by atoms with Gasteiger partial charge in [0.05, 0.1) is 17.2 Å². The minimum atomic E-state index is -0.165. The van der Waals surface area contributed by atoms with Crippen LogP contribution in [0.1, 0.15) is 52.4 Å². The number of thioether (sulfide) groups is 1. The maximum Gasteiger partial charge on any atom is 0.0841 e. The van der Waals surface area contributed by atoms with E-state index in [0.717, 1.165) is 32.3 Å². The average molecular weight is 317 g/mol. The molecule has 0 aromatic carbocycles. The van der Waals surface area contributed by atoms with Crippen molar-refractivity contribution in [2.24, 2.45) is 11.8 Å². The van der Waals surface area contributed by atoms with E-state index in [9.17, 15) is 0 Å². The van der Waals surface area contributed by atoms with E-state index in [1.807, 2.05) is 7.11 Å². The van der Waals surface area contributed by atoms with E-state index in [1.54, 1.807) is 0 Å². The van der Waals surface area contributed by atoms with Crippen molar-refractivity contribution >= 4 is 11.8 Å². The largest absolute Gasteiger partial charge is 0.377 e. The van der Waals surface area contributed by atoms with Crippen molar-refractivity contribution in [1.82, 2.24) is 5.43 Å². The van der Waals surface area contributed by atoms with Crippen LogP contribution >= 0.6 is 11.8 Å². The molecular weight excluding hydrogens is 284 g/mol. The summed E-state index contributed by atoms with van der Waals surface area (Å²) in [6.07, 6.45) is 6.53. The Bertz CT molecular complexity index is 304. The van der Waals surface area contributed by atoms with Gasteiger partial charge in [-0.2, -0.15) is 11.8 Å². The molecule has 0 aliphatic carbocycles. The van der Waals surface area contributed by atoms with E-state index in [1.165, 1.54) is 24.3 Å². The molecule has 0 aromatic heterocycles. The molecule has 0 amide bonds. The van der Waals surface area contributed by atoms with Crippen LogP contribution in [0, 0.1) is 5.92 Å². The van der Waals surface area contributed by atoms with Gasteiger partial charge in [-0.25, -0.2) is 0 Å². The lowest BCUT2D eigenvalue weighted by Gasteiger charge is -2.49. The smallest absolute Gasteiger partial charge is 0.0841 e. The zero-order valence-corrected chi connectivity index (χ0v) is 14.6. The Labute approximate surface area is 133 Å². The first-order valence-electron chi connectivity index (χ1n) is 8.38. The third-order valence-electron chi connectivity index (χ3n) is 5.76. The molecule has 0 radical (unpaired) electrons. The Hall–Kier alpha value is 0.190. The first kappa shape index (κ1) is 17.5. The van der Waals surface area contributed by atoms with Gasteiger partial charge < -0.3 is 9.47 Å². The molecule has 0 saturated carbocycles. The summed E-state index contributed by atoms with van der Waals surface area (Å²) in [5.74, 6) is 8.95. The van der Waals surface area contributed by atoms with Gasteiger partial charge in [-0.1, -0.05) is 13.8 Å². The molecule has 124 valence electrons. The summed E-state index contributed by atoms with van der Waals surface area (Å²) in [6, 6.07) is 0.202. The Morgan fingerprint density at radius 1 is 1.38 bits per heavy atom. The molecule has 2 aliphatic rings. The normalized spacial score (nSPS) is 27.7. The Kier molecular flexibility index (Phi) is 6.38.